The van der Waals surface area contributed by atoms with Crippen LogP contribution in [-0.4, -0.2) is 48.1 Å². The number of fused-ring (bicyclic) bond motifs is 1. The van der Waals surface area contributed by atoms with Crippen LogP contribution in [0.4, 0.5) is 0 Å². The van der Waals surface area contributed by atoms with Crippen LogP contribution in [0.1, 0.15) is 32.3 Å². The van der Waals surface area contributed by atoms with E-state index in [2.05, 4.69) is 4.57 Å². The molecule has 0 saturated carbocycles. The second kappa shape index (κ2) is 10.1. The minimum Gasteiger partial charge on any atom is -0.376 e. The third kappa shape index (κ3) is 4.99. The molecule has 1 aromatic heterocycles. The molecule has 32 heavy (non-hydrogen) atoms. The molecule has 0 N–H and O–H groups in total. The van der Waals surface area contributed by atoms with E-state index in [4.69, 9.17) is 21.3 Å². The number of thioether (sulfide) groups is 1. The second-order valence-corrected chi connectivity index (χ2v) is 11.1. The monoisotopic (exact) mass is 493 g/mol. The van der Waals surface area contributed by atoms with Gasteiger partial charge in [0.15, 0.2) is 5.16 Å². The molecule has 0 bridgehead atoms. The number of imidazole rings is 1. The summed E-state index contributed by atoms with van der Waals surface area (Å²) in [5, 5.41) is 1.58. The molecule has 1 saturated heterocycles. The Balaban J connectivity index is 1.69. The number of benzene rings is 2. The zero-order valence-electron chi connectivity index (χ0n) is 18.3. The van der Waals surface area contributed by atoms with Crippen LogP contribution in [0, 0.1) is 0 Å². The van der Waals surface area contributed by atoms with E-state index < -0.39 is 10.0 Å². The molecule has 6 nitrogen and oxygen atoms in total. The average Bonchev–Trinajstić information content (AvgIpc) is 3.42. The molecular weight excluding hydrogens is 466 g/mol. The zero-order chi connectivity index (χ0) is 22.7. The summed E-state index contributed by atoms with van der Waals surface area (Å²) >= 11 is 7.64. The average molecular weight is 494 g/mol. The van der Waals surface area contributed by atoms with Gasteiger partial charge in [-0.3, -0.25) is 0 Å². The van der Waals surface area contributed by atoms with Crippen LogP contribution in [0.5, 0.6) is 0 Å². The van der Waals surface area contributed by atoms with Gasteiger partial charge in [0.05, 0.1) is 28.6 Å². The maximum Gasteiger partial charge on any atom is 0.243 e. The minimum atomic E-state index is -3.54. The van der Waals surface area contributed by atoms with Crippen molar-refractivity contribution in [2.24, 2.45) is 0 Å². The van der Waals surface area contributed by atoms with Crippen molar-refractivity contribution in [2.75, 3.05) is 19.7 Å². The van der Waals surface area contributed by atoms with Gasteiger partial charge in [-0.2, -0.15) is 4.31 Å². The minimum absolute atomic E-state index is 0.154. The first-order valence-corrected chi connectivity index (χ1v) is 13.7. The zero-order valence-corrected chi connectivity index (χ0v) is 20.7. The van der Waals surface area contributed by atoms with E-state index in [9.17, 15) is 8.42 Å². The fraction of sp³-hybridized carbons (Fsp3) is 0.435. The molecule has 1 aliphatic rings. The van der Waals surface area contributed by atoms with Crippen molar-refractivity contribution in [3.63, 3.8) is 0 Å². The Hall–Kier alpha value is -1.58. The highest BCUT2D eigenvalue weighted by Gasteiger charge is 2.24. The fourth-order valence-electron chi connectivity index (χ4n) is 3.97. The van der Waals surface area contributed by atoms with Crippen LogP contribution in [0.25, 0.3) is 11.0 Å². The molecule has 0 unspecified atom stereocenters. The van der Waals surface area contributed by atoms with Crippen LogP contribution in [0.2, 0.25) is 5.02 Å². The smallest absolute Gasteiger partial charge is 0.243 e. The van der Waals surface area contributed by atoms with Gasteiger partial charge in [-0.25, -0.2) is 13.4 Å². The van der Waals surface area contributed by atoms with Crippen LogP contribution in [-0.2, 0) is 27.1 Å². The summed E-state index contributed by atoms with van der Waals surface area (Å²) in [6, 6.07) is 13.1. The first kappa shape index (κ1) is 23.6. The van der Waals surface area contributed by atoms with Gasteiger partial charge in [-0.05, 0) is 48.7 Å². The van der Waals surface area contributed by atoms with E-state index in [0.29, 0.717) is 30.2 Å². The summed E-state index contributed by atoms with van der Waals surface area (Å²) in [6.07, 6.45) is 2.24. The van der Waals surface area contributed by atoms with E-state index in [1.165, 1.54) is 4.31 Å². The summed E-state index contributed by atoms with van der Waals surface area (Å²) in [5.74, 6) is 0.747. The molecule has 2 heterocycles. The molecule has 0 spiro atoms. The van der Waals surface area contributed by atoms with E-state index in [0.717, 1.165) is 41.4 Å². The number of aromatic nitrogens is 2. The highest BCUT2D eigenvalue weighted by atomic mass is 35.5. The SMILES string of the molecule is CCN(CC)S(=O)(=O)c1ccc2c(c1)nc(SCc1ccc(Cl)cc1)n2C[C@@H]1CCCO1. The maximum atomic E-state index is 13.0. The number of hydrogen-bond acceptors (Lipinski definition) is 5. The summed E-state index contributed by atoms with van der Waals surface area (Å²) < 4.78 is 35.5. The Labute approximate surface area is 199 Å². The molecule has 1 atom stereocenters. The Morgan fingerprint density at radius 2 is 1.94 bits per heavy atom. The largest absolute Gasteiger partial charge is 0.376 e. The summed E-state index contributed by atoms with van der Waals surface area (Å²) in [5.41, 5.74) is 2.77. The second-order valence-electron chi connectivity index (χ2n) is 7.80. The Bertz CT molecular complexity index is 1170. The predicted molar refractivity (Wildman–Crippen MR) is 130 cm³/mol. The molecule has 9 heteroatoms. The third-order valence-corrected chi connectivity index (χ3v) is 9.06. The van der Waals surface area contributed by atoms with Gasteiger partial charge in [0.2, 0.25) is 10.0 Å². The molecule has 0 radical (unpaired) electrons. The highest BCUT2D eigenvalue weighted by Crippen LogP contribution is 2.31. The molecule has 4 rings (SSSR count). The van der Waals surface area contributed by atoms with Crippen molar-refractivity contribution in [1.82, 2.24) is 13.9 Å². The van der Waals surface area contributed by atoms with Crippen molar-refractivity contribution in [3.05, 3.63) is 53.1 Å². The van der Waals surface area contributed by atoms with Crippen molar-refractivity contribution in [2.45, 2.75) is 55.1 Å². The number of rotatable bonds is 9. The molecule has 2 aromatic carbocycles. The van der Waals surface area contributed by atoms with Crippen LogP contribution >= 0.6 is 23.4 Å². The maximum absolute atomic E-state index is 13.0. The molecule has 0 amide bonds. The van der Waals surface area contributed by atoms with Crippen LogP contribution < -0.4 is 0 Å². The third-order valence-electron chi connectivity index (χ3n) is 5.72. The highest BCUT2D eigenvalue weighted by molar-refractivity contribution is 7.98. The standard InChI is InChI=1S/C23H28ClN3O3S2/c1-3-26(4-2)32(28,29)20-11-12-22-21(14-20)25-23(27(22)15-19-6-5-13-30-19)31-16-17-7-9-18(24)10-8-17/h7-12,14,19H,3-6,13,15-16H2,1-2H3/t19-/m0/s1. The molecule has 3 aromatic rings. The summed E-state index contributed by atoms with van der Waals surface area (Å²) in [4.78, 5) is 5.12. The van der Waals surface area contributed by atoms with E-state index in [1.807, 2.05) is 44.2 Å². The van der Waals surface area contributed by atoms with Crippen molar-refractivity contribution >= 4 is 44.4 Å². The Morgan fingerprint density at radius 1 is 1.19 bits per heavy atom. The number of halogens is 1. The lowest BCUT2D eigenvalue weighted by molar-refractivity contribution is 0.0960. The van der Waals surface area contributed by atoms with Gasteiger partial charge in [0.1, 0.15) is 0 Å². The first-order valence-electron chi connectivity index (χ1n) is 10.9. The Kier molecular flexibility index (Phi) is 7.47. The fourth-order valence-corrected chi connectivity index (χ4v) is 6.55. The quantitative estimate of drug-likeness (QED) is 0.384. The lowest BCUT2D eigenvalue weighted by Gasteiger charge is -2.18. The first-order chi connectivity index (χ1) is 15.4. The van der Waals surface area contributed by atoms with Gasteiger partial charge in [0, 0.05) is 30.5 Å². The summed E-state index contributed by atoms with van der Waals surface area (Å²) in [7, 11) is -3.54. The van der Waals surface area contributed by atoms with Gasteiger partial charge in [-0.1, -0.05) is 49.3 Å². The van der Waals surface area contributed by atoms with Gasteiger partial charge in [0.25, 0.3) is 0 Å². The lowest BCUT2D eigenvalue weighted by atomic mass is 10.2. The normalized spacial score (nSPS) is 16.9. The molecule has 0 aliphatic carbocycles. The number of hydrogen-bond donors (Lipinski definition) is 0. The number of nitrogens with zero attached hydrogens (tertiary/aromatic N) is 3. The molecule has 172 valence electrons. The van der Waals surface area contributed by atoms with Crippen LogP contribution in [0.15, 0.2) is 52.5 Å². The van der Waals surface area contributed by atoms with Gasteiger partial charge in [-0.15, -0.1) is 0 Å². The van der Waals surface area contributed by atoms with Gasteiger partial charge < -0.3 is 9.30 Å². The van der Waals surface area contributed by atoms with Crippen molar-refractivity contribution in [3.8, 4) is 0 Å². The van der Waals surface area contributed by atoms with Gasteiger partial charge >= 0.3 is 0 Å². The van der Waals surface area contributed by atoms with E-state index in [-0.39, 0.29) is 11.0 Å². The lowest BCUT2D eigenvalue weighted by Crippen LogP contribution is -2.30. The van der Waals surface area contributed by atoms with E-state index >= 15 is 0 Å². The Morgan fingerprint density at radius 3 is 2.59 bits per heavy atom. The summed E-state index contributed by atoms with van der Waals surface area (Å²) in [6.45, 7) is 6.07. The van der Waals surface area contributed by atoms with Crippen molar-refractivity contribution in [1.29, 1.82) is 0 Å². The van der Waals surface area contributed by atoms with E-state index in [1.54, 1.807) is 23.9 Å². The number of sulfonamides is 1. The molecule has 1 fully saturated rings. The molecular formula is C23H28ClN3O3S2. The molecule has 1 aliphatic heterocycles. The predicted octanol–water partition coefficient (Wildman–Crippen LogP) is 5.19. The van der Waals surface area contributed by atoms with Crippen LogP contribution in [0.3, 0.4) is 0 Å². The topological polar surface area (TPSA) is 64.4 Å². The van der Waals surface area contributed by atoms with Crippen molar-refractivity contribution < 1.29 is 13.2 Å². The number of ether oxygens (including phenoxy) is 1.